The first-order chi connectivity index (χ1) is 20.6. The molecule has 0 N–H and O–H groups in total. The lowest BCUT2D eigenvalue weighted by Gasteiger charge is -2.72. The van der Waals surface area contributed by atoms with Gasteiger partial charge in [-0.15, -0.1) is 0 Å². The van der Waals surface area contributed by atoms with Gasteiger partial charge < -0.3 is 9.47 Å². The smallest absolute Gasteiger partial charge is 0.302 e. The number of esters is 2. The quantitative estimate of drug-likeness (QED) is 0.114. The van der Waals surface area contributed by atoms with Gasteiger partial charge in [0.15, 0.2) is 0 Å². The Morgan fingerprint density at radius 3 is 2.23 bits per heavy atom. The standard InChI is InChI=1S/C39H61IO4/c1-24(22-28-9-10-28)21-25(2)29-13-18-38(23-43-26(3)41)19-20-39(40)30(34(29)38)11-12-32-36(7)16-15-33(44-27(4)42)35(5,6)31(36)14-17-37(32,39)8/h21,24,28-34H,9-20,22-23H2,1-8H3/b25-21-. The summed E-state index contributed by atoms with van der Waals surface area (Å²) in [7, 11) is 0. The van der Waals surface area contributed by atoms with Crippen LogP contribution >= 0.6 is 22.6 Å². The summed E-state index contributed by atoms with van der Waals surface area (Å²) in [5.74, 6) is 4.50. The highest BCUT2D eigenvalue weighted by Gasteiger charge is 2.72. The van der Waals surface area contributed by atoms with Crippen molar-refractivity contribution >= 4 is 34.5 Å². The molecule has 6 aliphatic carbocycles. The molecule has 6 fully saturated rings. The van der Waals surface area contributed by atoms with Crippen molar-refractivity contribution in [2.24, 2.45) is 63.1 Å². The van der Waals surface area contributed by atoms with Gasteiger partial charge in [-0.25, -0.2) is 0 Å². The van der Waals surface area contributed by atoms with Crippen LogP contribution in [0.5, 0.6) is 0 Å². The van der Waals surface area contributed by atoms with Crippen LogP contribution in [0.3, 0.4) is 0 Å². The predicted molar refractivity (Wildman–Crippen MR) is 185 cm³/mol. The summed E-state index contributed by atoms with van der Waals surface area (Å²) in [5, 5.41) is 0. The third kappa shape index (κ3) is 5.26. The molecule has 6 saturated carbocycles. The van der Waals surface area contributed by atoms with Crippen LogP contribution in [0, 0.1) is 63.1 Å². The number of alkyl halides is 1. The Morgan fingerprint density at radius 2 is 1.57 bits per heavy atom. The maximum absolute atomic E-state index is 12.2. The van der Waals surface area contributed by atoms with Gasteiger partial charge in [-0.05, 0) is 130 Å². The van der Waals surface area contributed by atoms with Crippen LogP contribution in [-0.2, 0) is 19.1 Å². The van der Waals surface area contributed by atoms with E-state index in [0.717, 1.165) is 12.3 Å². The Labute approximate surface area is 282 Å². The van der Waals surface area contributed by atoms with Crippen molar-refractivity contribution in [3.8, 4) is 0 Å². The Balaban J connectivity index is 1.33. The van der Waals surface area contributed by atoms with Gasteiger partial charge in [0.05, 0.1) is 6.61 Å². The third-order valence-corrected chi connectivity index (χ3v) is 17.8. The van der Waals surface area contributed by atoms with Crippen molar-refractivity contribution in [3.63, 3.8) is 0 Å². The zero-order chi connectivity index (χ0) is 31.9. The van der Waals surface area contributed by atoms with Crippen molar-refractivity contribution in [1.82, 2.24) is 0 Å². The molecular weight excluding hydrogens is 659 g/mol. The molecule has 0 aliphatic heterocycles. The van der Waals surface area contributed by atoms with Crippen molar-refractivity contribution in [1.29, 1.82) is 0 Å². The van der Waals surface area contributed by atoms with Crippen molar-refractivity contribution in [2.45, 2.75) is 148 Å². The van der Waals surface area contributed by atoms with Gasteiger partial charge in [0.1, 0.15) is 6.10 Å². The number of carbonyl (C=O) groups is 2. The second-order valence-corrected chi connectivity index (χ2v) is 19.9. The SMILES string of the molecule is CC(=O)OCC12CCC(/C(C)=C\C(C)CC3CC3)C1C1CCC3C4(C)CCC(OC(C)=O)C(C)(C)C4CCC3(C)C1(I)CC2. The van der Waals surface area contributed by atoms with Crippen LogP contribution in [0.2, 0.25) is 0 Å². The van der Waals surface area contributed by atoms with Gasteiger partial charge in [-0.2, -0.15) is 0 Å². The van der Waals surface area contributed by atoms with E-state index in [1.807, 2.05) is 0 Å². The molecule has 0 heterocycles. The fourth-order valence-corrected chi connectivity index (χ4v) is 14.8. The van der Waals surface area contributed by atoms with E-state index in [-0.39, 0.29) is 43.1 Å². The van der Waals surface area contributed by atoms with E-state index >= 15 is 0 Å². The normalized spacial score (nSPS) is 47.0. The van der Waals surface area contributed by atoms with Crippen LogP contribution < -0.4 is 0 Å². The Hall–Kier alpha value is -0.590. The number of allylic oxidation sites excluding steroid dienone is 2. The zero-order valence-electron chi connectivity index (χ0n) is 29.1. The minimum Gasteiger partial charge on any atom is -0.465 e. The molecular formula is C39H61IO4. The minimum absolute atomic E-state index is 0.00333. The molecule has 0 saturated heterocycles. The maximum atomic E-state index is 12.2. The number of fused-ring (bicyclic) bond motifs is 7. The third-order valence-electron chi connectivity index (χ3n) is 15.2. The molecule has 0 bridgehead atoms. The zero-order valence-corrected chi connectivity index (χ0v) is 31.3. The highest BCUT2D eigenvalue weighted by molar-refractivity contribution is 14.1. The van der Waals surface area contributed by atoms with Gasteiger partial charge in [-0.1, -0.05) is 81.7 Å². The Morgan fingerprint density at radius 1 is 0.841 bits per heavy atom. The molecule has 6 rings (SSSR count). The lowest BCUT2D eigenvalue weighted by molar-refractivity contribution is -0.213. The molecule has 4 nitrogen and oxygen atoms in total. The fourth-order valence-electron chi connectivity index (χ4n) is 13.2. The van der Waals surface area contributed by atoms with Gasteiger partial charge in [-0.3, -0.25) is 9.59 Å². The first-order valence-corrected chi connectivity index (χ1v) is 19.3. The van der Waals surface area contributed by atoms with E-state index in [1.54, 1.807) is 19.4 Å². The molecule has 11 unspecified atom stereocenters. The van der Waals surface area contributed by atoms with E-state index in [0.29, 0.717) is 42.1 Å². The van der Waals surface area contributed by atoms with Crippen LogP contribution in [0.4, 0.5) is 0 Å². The minimum atomic E-state index is -0.129. The first kappa shape index (κ1) is 33.3. The van der Waals surface area contributed by atoms with Gasteiger partial charge in [0.2, 0.25) is 0 Å². The molecule has 6 aliphatic rings. The Kier molecular flexibility index (Phi) is 8.73. The number of hydrogen-bond acceptors (Lipinski definition) is 4. The number of halogens is 1. The van der Waals surface area contributed by atoms with Gasteiger partial charge in [0, 0.05) is 28.1 Å². The average Bonchev–Trinajstić information content (AvgIpc) is 3.65. The number of ether oxygens (including phenoxy) is 2. The summed E-state index contributed by atoms with van der Waals surface area (Å²) in [6, 6.07) is 0. The predicted octanol–water partition coefficient (Wildman–Crippen LogP) is 10.1. The number of hydrogen-bond donors (Lipinski definition) is 0. The number of carbonyl (C=O) groups excluding carboxylic acids is 2. The van der Waals surface area contributed by atoms with Crippen LogP contribution in [0.25, 0.3) is 0 Å². The summed E-state index contributed by atoms with van der Waals surface area (Å²) in [6.45, 7) is 18.8. The summed E-state index contributed by atoms with van der Waals surface area (Å²) in [5.41, 5.74) is 2.30. The summed E-state index contributed by atoms with van der Waals surface area (Å²) >= 11 is 3.03. The lowest BCUT2D eigenvalue weighted by atomic mass is 9.36. The molecule has 0 amide bonds. The molecule has 0 spiro atoms. The van der Waals surface area contributed by atoms with Gasteiger partial charge in [0.25, 0.3) is 0 Å². The van der Waals surface area contributed by atoms with Crippen molar-refractivity contribution in [2.75, 3.05) is 6.61 Å². The summed E-state index contributed by atoms with van der Waals surface area (Å²) < 4.78 is 12.2. The topological polar surface area (TPSA) is 52.6 Å². The molecule has 0 aromatic rings. The molecule has 44 heavy (non-hydrogen) atoms. The molecule has 5 heteroatoms. The van der Waals surface area contributed by atoms with E-state index in [2.05, 4.69) is 70.2 Å². The summed E-state index contributed by atoms with van der Waals surface area (Å²) in [6.07, 6.45) is 19.0. The fraction of sp³-hybridized carbons (Fsp3) is 0.897. The van der Waals surface area contributed by atoms with E-state index in [1.165, 1.54) is 77.0 Å². The lowest BCUT2D eigenvalue weighted by Crippen LogP contribution is -2.68. The van der Waals surface area contributed by atoms with Crippen LogP contribution in [0.1, 0.15) is 139 Å². The van der Waals surface area contributed by atoms with E-state index < -0.39 is 0 Å². The van der Waals surface area contributed by atoms with Crippen molar-refractivity contribution in [3.05, 3.63) is 11.6 Å². The molecule has 248 valence electrons. The molecule has 0 aromatic heterocycles. The maximum Gasteiger partial charge on any atom is 0.302 e. The monoisotopic (exact) mass is 720 g/mol. The molecule has 0 radical (unpaired) electrons. The van der Waals surface area contributed by atoms with E-state index in [4.69, 9.17) is 9.47 Å². The Bertz CT molecular complexity index is 1170. The highest BCUT2D eigenvalue weighted by atomic mass is 127. The van der Waals surface area contributed by atoms with Crippen molar-refractivity contribution < 1.29 is 19.1 Å². The molecule has 0 aromatic carbocycles. The van der Waals surface area contributed by atoms with E-state index in [9.17, 15) is 9.59 Å². The summed E-state index contributed by atoms with van der Waals surface area (Å²) in [4.78, 5) is 24.2. The average molecular weight is 721 g/mol. The molecule has 11 atom stereocenters. The van der Waals surface area contributed by atoms with Crippen LogP contribution in [-0.4, -0.2) is 28.1 Å². The second-order valence-electron chi connectivity index (χ2n) is 18.0. The highest BCUT2D eigenvalue weighted by Crippen LogP contribution is 2.77. The first-order valence-electron chi connectivity index (χ1n) is 18.3. The van der Waals surface area contributed by atoms with Gasteiger partial charge >= 0.3 is 11.9 Å². The second kappa shape index (κ2) is 11.5. The largest absolute Gasteiger partial charge is 0.465 e. The number of rotatable bonds is 7. The van der Waals surface area contributed by atoms with Crippen LogP contribution in [0.15, 0.2) is 11.6 Å².